The molecule has 2 amide bonds. The number of nitrogens with one attached hydrogen (secondary N) is 2. The number of benzene rings is 3. The van der Waals surface area contributed by atoms with Gasteiger partial charge < -0.3 is 20.1 Å². The molecular weight excluding hydrogens is 480 g/mol. The van der Waals surface area contributed by atoms with Gasteiger partial charge >= 0.3 is 0 Å². The van der Waals surface area contributed by atoms with Gasteiger partial charge in [0.05, 0.1) is 17.8 Å². The molecule has 0 saturated carbocycles. The molecule has 0 bridgehead atoms. The number of hydrogen-bond acceptors (Lipinski definition) is 5. The van der Waals surface area contributed by atoms with Crippen LogP contribution in [0.3, 0.4) is 0 Å². The first-order chi connectivity index (χ1) is 16.8. The van der Waals surface area contributed by atoms with E-state index in [1.54, 1.807) is 12.1 Å². The number of ether oxygens (including phenoxy) is 2. The Balaban J connectivity index is 1.74. The van der Waals surface area contributed by atoms with Crippen molar-refractivity contribution in [1.29, 1.82) is 5.26 Å². The summed E-state index contributed by atoms with van der Waals surface area (Å²) in [5.41, 5.74) is 0.416. The molecule has 0 radical (unpaired) electrons. The minimum atomic E-state index is -0.709. The van der Waals surface area contributed by atoms with Crippen molar-refractivity contribution in [2.24, 2.45) is 0 Å². The topological polar surface area (TPSA) is 100 Å². The molecule has 0 saturated heterocycles. The summed E-state index contributed by atoms with van der Waals surface area (Å²) in [7, 11) is 1.35. The fourth-order valence-corrected chi connectivity index (χ4v) is 3.17. The highest BCUT2D eigenvalue weighted by atomic mass is 35.5. The summed E-state index contributed by atoms with van der Waals surface area (Å²) in [4.78, 5) is 24.6. The van der Waals surface area contributed by atoms with Gasteiger partial charge in [0.25, 0.3) is 11.8 Å². The highest BCUT2D eigenvalue weighted by Gasteiger charge is 2.16. The molecule has 0 aliphatic carbocycles. The fourth-order valence-electron chi connectivity index (χ4n) is 2.90. The minimum Gasteiger partial charge on any atom is -0.493 e. The molecule has 3 aromatic rings. The van der Waals surface area contributed by atoms with E-state index in [1.807, 2.05) is 0 Å². The number of carbonyl (C=O) groups is 2. The predicted molar refractivity (Wildman–Crippen MR) is 127 cm³/mol. The van der Waals surface area contributed by atoms with Crippen molar-refractivity contribution < 1.29 is 27.8 Å². The van der Waals surface area contributed by atoms with E-state index in [2.05, 4.69) is 10.6 Å². The molecule has 0 spiro atoms. The van der Waals surface area contributed by atoms with E-state index in [0.29, 0.717) is 11.3 Å². The van der Waals surface area contributed by atoms with Gasteiger partial charge in [0.1, 0.15) is 23.3 Å². The van der Waals surface area contributed by atoms with Crippen molar-refractivity contribution in [3.05, 3.63) is 88.5 Å². The molecule has 178 valence electrons. The van der Waals surface area contributed by atoms with Gasteiger partial charge in [-0.15, -0.1) is 0 Å². The van der Waals surface area contributed by atoms with Gasteiger partial charge in [-0.3, -0.25) is 9.59 Å². The molecule has 35 heavy (non-hydrogen) atoms. The standard InChI is InChI=1S/C25H18ClF2N3O4/c1-34-22-12-15(10-16(13-29)25(33)30-18-8-6-17(27)7-9-18)11-19(26)24(22)35-14-23(32)31-21-5-3-2-4-20(21)28/h2-12H,14H2,1H3,(H,30,33)(H,31,32)/b16-10+. The lowest BCUT2D eigenvalue weighted by Crippen LogP contribution is -2.21. The Kier molecular flexibility index (Phi) is 8.38. The maximum absolute atomic E-state index is 13.7. The summed E-state index contributed by atoms with van der Waals surface area (Å²) >= 11 is 6.29. The average Bonchev–Trinajstić information content (AvgIpc) is 2.84. The Morgan fingerprint density at radius 1 is 1.09 bits per heavy atom. The second kappa shape index (κ2) is 11.6. The van der Waals surface area contributed by atoms with Gasteiger partial charge in [-0.1, -0.05) is 23.7 Å². The Morgan fingerprint density at radius 2 is 1.80 bits per heavy atom. The van der Waals surface area contributed by atoms with E-state index in [4.69, 9.17) is 21.1 Å². The first kappa shape index (κ1) is 25.2. The quantitative estimate of drug-likeness (QED) is 0.329. The smallest absolute Gasteiger partial charge is 0.266 e. The summed E-state index contributed by atoms with van der Waals surface area (Å²) in [6, 6.07) is 15.4. The van der Waals surface area contributed by atoms with Crippen LogP contribution in [0.1, 0.15) is 5.56 Å². The molecule has 0 heterocycles. The monoisotopic (exact) mass is 497 g/mol. The number of anilines is 2. The normalized spacial score (nSPS) is 10.8. The van der Waals surface area contributed by atoms with E-state index >= 15 is 0 Å². The minimum absolute atomic E-state index is 0.00240. The Hall–Kier alpha value is -4.42. The SMILES string of the molecule is COc1cc(/C=C(\C#N)C(=O)Nc2ccc(F)cc2)cc(Cl)c1OCC(=O)Nc1ccccc1F. The second-order valence-corrected chi connectivity index (χ2v) is 7.39. The van der Waals surface area contributed by atoms with Crippen molar-refractivity contribution >= 4 is 40.9 Å². The largest absolute Gasteiger partial charge is 0.493 e. The third-order valence-electron chi connectivity index (χ3n) is 4.53. The zero-order valence-electron chi connectivity index (χ0n) is 18.3. The Morgan fingerprint density at radius 3 is 2.46 bits per heavy atom. The molecule has 0 aromatic heterocycles. The van der Waals surface area contributed by atoms with Crippen LogP contribution in [0.25, 0.3) is 6.08 Å². The van der Waals surface area contributed by atoms with E-state index in [9.17, 15) is 23.6 Å². The van der Waals surface area contributed by atoms with Crippen molar-refractivity contribution in [3.63, 3.8) is 0 Å². The van der Waals surface area contributed by atoms with Gasteiger partial charge in [-0.2, -0.15) is 5.26 Å². The number of amides is 2. The molecule has 3 rings (SSSR count). The van der Waals surface area contributed by atoms with Crippen LogP contribution in [0.15, 0.2) is 66.2 Å². The zero-order valence-corrected chi connectivity index (χ0v) is 19.0. The Labute approximate surface area is 204 Å². The average molecular weight is 498 g/mol. The lowest BCUT2D eigenvalue weighted by atomic mass is 10.1. The third-order valence-corrected chi connectivity index (χ3v) is 4.81. The highest BCUT2D eigenvalue weighted by Crippen LogP contribution is 2.37. The van der Waals surface area contributed by atoms with Crippen LogP contribution < -0.4 is 20.1 Å². The number of halogens is 3. The molecule has 0 fully saturated rings. The number of para-hydroxylation sites is 1. The third kappa shape index (κ3) is 6.79. The highest BCUT2D eigenvalue weighted by molar-refractivity contribution is 6.32. The summed E-state index contributed by atoms with van der Waals surface area (Å²) in [6.07, 6.45) is 1.28. The van der Waals surface area contributed by atoms with Crippen LogP contribution >= 0.6 is 11.6 Å². The first-order valence-corrected chi connectivity index (χ1v) is 10.4. The molecule has 0 atom stereocenters. The fraction of sp³-hybridized carbons (Fsp3) is 0.0800. The van der Waals surface area contributed by atoms with Crippen molar-refractivity contribution in [3.8, 4) is 17.6 Å². The van der Waals surface area contributed by atoms with E-state index in [1.165, 1.54) is 67.8 Å². The molecule has 7 nitrogen and oxygen atoms in total. The van der Waals surface area contributed by atoms with Crippen LogP contribution in [0.4, 0.5) is 20.2 Å². The van der Waals surface area contributed by atoms with E-state index in [-0.39, 0.29) is 27.8 Å². The number of rotatable bonds is 8. The van der Waals surface area contributed by atoms with Gasteiger partial charge in [0.15, 0.2) is 18.1 Å². The van der Waals surface area contributed by atoms with E-state index < -0.39 is 30.1 Å². The maximum Gasteiger partial charge on any atom is 0.266 e. The molecular formula is C25H18ClF2N3O4. The molecule has 2 N–H and O–H groups in total. The van der Waals surface area contributed by atoms with Crippen molar-refractivity contribution in [1.82, 2.24) is 0 Å². The number of carbonyl (C=O) groups excluding carboxylic acids is 2. The number of hydrogen-bond donors (Lipinski definition) is 2. The number of nitriles is 1. The van der Waals surface area contributed by atoms with Crippen LogP contribution in [-0.2, 0) is 9.59 Å². The summed E-state index contributed by atoms with van der Waals surface area (Å²) in [6.45, 7) is -0.483. The van der Waals surface area contributed by atoms with Gasteiger partial charge in [-0.25, -0.2) is 8.78 Å². The lowest BCUT2D eigenvalue weighted by molar-refractivity contribution is -0.118. The van der Waals surface area contributed by atoms with Crippen LogP contribution in [0.2, 0.25) is 5.02 Å². The predicted octanol–water partition coefficient (Wildman–Crippen LogP) is 5.19. The van der Waals surface area contributed by atoms with Gasteiger partial charge in [0, 0.05) is 5.69 Å². The summed E-state index contributed by atoms with van der Waals surface area (Å²) in [5, 5.41) is 14.3. The van der Waals surface area contributed by atoms with Gasteiger partial charge in [0.2, 0.25) is 0 Å². The Bertz CT molecular complexity index is 1320. The first-order valence-electron chi connectivity index (χ1n) is 10.0. The lowest BCUT2D eigenvalue weighted by Gasteiger charge is -2.14. The molecule has 0 aliphatic heterocycles. The van der Waals surface area contributed by atoms with Crippen LogP contribution in [0, 0.1) is 23.0 Å². The maximum atomic E-state index is 13.7. The molecule has 10 heteroatoms. The molecule has 0 aliphatic rings. The number of nitrogens with zero attached hydrogens (tertiary/aromatic N) is 1. The van der Waals surface area contributed by atoms with Crippen LogP contribution in [0.5, 0.6) is 11.5 Å². The molecule has 0 unspecified atom stereocenters. The number of methoxy groups -OCH3 is 1. The van der Waals surface area contributed by atoms with Crippen LogP contribution in [-0.4, -0.2) is 25.5 Å². The zero-order chi connectivity index (χ0) is 25.4. The molecule has 3 aromatic carbocycles. The van der Waals surface area contributed by atoms with Gasteiger partial charge in [-0.05, 0) is 60.2 Å². The van der Waals surface area contributed by atoms with Crippen molar-refractivity contribution in [2.75, 3.05) is 24.4 Å². The van der Waals surface area contributed by atoms with Crippen molar-refractivity contribution in [2.45, 2.75) is 0 Å². The summed E-state index contributed by atoms with van der Waals surface area (Å²) in [5.74, 6) is -2.21. The second-order valence-electron chi connectivity index (χ2n) is 6.98. The van der Waals surface area contributed by atoms with E-state index in [0.717, 1.165) is 0 Å². The summed E-state index contributed by atoms with van der Waals surface area (Å²) < 4.78 is 37.5.